The summed E-state index contributed by atoms with van der Waals surface area (Å²) in [5.41, 5.74) is -0.464. The SMILES string of the molecule is COc1cc(Br)cc(C=Nn2c(=O)[nH]c3ccccc3c2=O)c1OCC(=O)OC(C)C. The number of fused-ring (bicyclic) bond motifs is 1. The van der Waals surface area contributed by atoms with Crippen molar-refractivity contribution in [3.63, 3.8) is 0 Å². The van der Waals surface area contributed by atoms with E-state index in [0.29, 0.717) is 31.4 Å². The molecule has 9 nitrogen and oxygen atoms in total. The second-order valence-electron chi connectivity index (χ2n) is 6.69. The Morgan fingerprint density at radius 3 is 2.71 bits per heavy atom. The number of nitrogens with zero attached hydrogens (tertiary/aromatic N) is 2. The summed E-state index contributed by atoms with van der Waals surface area (Å²) in [6.45, 7) is 3.11. The highest BCUT2D eigenvalue weighted by molar-refractivity contribution is 9.10. The van der Waals surface area contributed by atoms with Crippen molar-refractivity contribution in [2.75, 3.05) is 13.7 Å². The highest BCUT2D eigenvalue weighted by Gasteiger charge is 2.15. The van der Waals surface area contributed by atoms with Gasteiger partial charge in [0.1, 0.15) is 0 Å². The maximum absolute atomic E-state index is 12.7. The fraction of sp³-hybridized carbons (Fsp3) is 0.238. The van der Waals surface area contributed by atoms with Crippen LogP contribution in [0.2, 0.25) is 0 Å². The van der Waals surface area contributed by atoms with Crippen LogP contribution < -0.4 is 20.7 Å². The van der Waals surface area contributed by atoms with Crippen molar-refractivity contribution in [2.24, 2.45) is 5.10 Å². The summed E-state index contributed by atoms with van der Waals surface area (Å²) in [5, 5.41) is 4.36. The summed E-state index contributed by atoms with van der Waals surface area (Å²) < 4.78 is 17.4. The van der Waals surface area contributed by atoms with Crippen molar-refractivity contribution >= 4 is 39.0 Å². The maximum Gasteiger partial charge on any atom is 0.349 e. The van der Waals surface area contributed by atoms with Crippen molar-refractivity contribution < 1.29 is 19.0 Å². The number of ether oxygens (including phenoxy) is 3. The molecule has 1 aromatic heterocycles. The van der Waals surface area contributed by atoms with Gasteiger partial charge in [-0.1, -0.05) is 28.1 Å². The number of carbonyl (C=O) groups excluding carboxylic acids is 1. The van der Waals surface area contributed by atoms with Crippen molar-refractivity contribution in [2.45, 2.75) is 20.0 Å². The first kappa shape index (κ1) is 22.3. The third-order valence-electron chi connectivity index (χ3n) is 4.07. The monoisotopic (exact) mass is 489 g/mol. The third-order valence-corrected chi connectivity index (χ3v) is 4.52. The Labute approximate surface area is 185 Å². The number of methoxy groups -OCH3 is 1. The molecule has 2 aromatic carbocycles. The average Bonchev–Trinajstić information content (AvgIpc) is 2.71. The lowest BCUT2D eigenvalue weighted by atomic mass is 10.2. The van der Waals surface area contributed by atoms with Gasteiger partial charge in [0.25, 0.3) is 5.56 Å². The van der Waals surface area contributed by atoms with Gasteiger partial charge in [-0.2, -0.15) is 5.10 Å². The van der Waals surface area contributed by atoms with Crippen molar-refractivity contribution in [3.05, 3.63) is 67.3 Å². The van der Waals surface area contributed by atoms with Gasteiger partial charge in [0.2, 0.25) is 0 Å². The minimum absolute atomic E-state index is 0.209. The molecule has 0 fully saturated rings. The number of nitrogens with one attached hydrogen (secondary N) is 1. The number of carbonyl (C=O) groups is 1. The Hall–Kier alpha value is -3.40. The van der Waals surface area contributed by atoms with Crippen molar-refractivity contribution in [1.82, 2.24) is 9.66 Å². The molecule has 0 bridgehead atoms. The molecule has 1 N–H and O–H groups in total. The molecule has 0 saturated carbocycles. The van der Waals surface area contributed by atoms with Crippen LogP contribution in [0.15, 0.2) is 55.6 Å². The Morgan fingerprint density at radius 2 is 2.00 bits per heavy atom. The molecule has 0 aliphatic heterocycles. The second kappa shape index (κ2) is 9.61. The van der Waals surface area contributed by atoms with Crippen LogP contribution in [0.1, 0.15) is 19.4 Å². The van der Waals surface area contributed by atoms with Crippen LogP contribution in [0.5, 0.6) is 11.5 Å². The summed E-state index contributed by atoms with van der Waals surface area (Å²) in [6, 6.07) is 9.93. The summed E-state index contributed by atoms with van der Waals surface area (Å²) in [6.07, 6.45) is 0.998. The van der Waals surface area contributed by atoms with E-state index in [1.807, 2.05) is 0 Å². The zero-order valence-electron chi connectivity index (χ0n) is 17.0. The first-order chi connectivity index (χ1) is 14.8. The zero-order chi connectivity index (χ0) is 22.5. The number of aromatic nitrogens is 2. The number of para-hydroxylation sites is 1. The Morgan fingerprint density at radius 1 is 1.26 bits per heavy atom. The largest absolute Gasteiger partial charge is 0.493 e. The number of hydrogen-bond donors (Lipinski definition) is 1. The van der Waals surface area contributed by atoms with Gasteiger partial charge < -0.3 is 19.2 Å². The average molecular weight is 490 g/mol. The van der Waals surface area contributed by atoms with E-state index >= 15 is 0 Å². The van der Waals surface area contributed by atoms with Crippen molar-refractivity contribution in [1.29, 1.82) is 0 Å². The normalized spacial score (nSPS) is 11.3. The highest BCUT2D eigenvalue weighted by Crippen LogP contribution is 2.34. The molecule has 0 radical (unpaired) electrons. The second-order valence-corrected chi connectivity index (χ2v) is 7.61. The van der Waals surface area contributed by atoms with Gasteiger partial charge in [-0.3, -0.25) is 4.79 Å². The maximum atomic E-state index is 12.7. The van der Waals surface area contributed by atoms with Crippen molar-refractivity contribution in [3.8, 4) is 11.5 Å². The van der Waals surface area contributed by atoms with Crippen LogP contribution >= 0.6 is 15.9 Å². The number of halogens is 1. The summed E-state index contributed by atoms with van der Waals surface area (Å²) in [4.78, 5) is 39.5. The van der Waals surface area contributed by atoms with E-state index < -0.39 is 17.2 Å². The van der Waals surface area contributed by atoms with Gasteiger partial charge >= 0.3 is 11.7 Å². The standard InChI is InChI=1S/C21H20BrN3O6/c1-12(2)31-18(26)11-30-19-13(8-14(22)9-17(19)29-3)10-23-25-20(27)15-6-4-5-7-16(15)24-21(25)28/h4-10,12H,11H2,1-3H3,(H,24,28). The number of rotatable bonds is 7. The molecule has 0 aliphatic carbocycles. The lowest BCUT2D eigenvalue weighted by Crippen LogP contribution is -2.32. The number of hydrogen-bond acceptors (Lipinski definition) is 7. The van der Waals surface area contributed by atoms with E-state index in [1.165, 1.54) is 13.3 Å². The zero-order valence-corrected chi connectivity index (χ0v) is 18.6. The highest BCUT2D eigenvalue weighted by atomic mass is 79.9. The van der Waals surface area contributed by atoms with E-state index in [1.54, 1.807) is 50.2 Å². The summed E-state index contributed by atoms with van der Waals surface area (Å²) in [5.74, 6) is -0.0154. The first-order valence-electron chi connectivity index (χ1n) is 9.28. The quantitative estimate of drug-likeness (QED) is 0.403. The first-order valence-corrected chi connectivity index (χ1v) is 10.1. The van der Waals surface area contributed by atoms with Crippen LogP contribution in [0.4, 0.5) is 0 Å². The van der Waals surface area contributed by atoms with Gasteiger partial charge in [0.05, 0.1) is 30.3 Å². The minimum atomic E-state index is -0.690. The van der Waals surface area contributed by atoms with Crippen LogP contribution in [-0.4, -0.2) is 41.7 Å². The fourth-order valence-electron chi connectivity index (χ4n) is 2.80. The smallest absolute Gasteiger partial charge is 0.349 e. The molecule has 0 saturated heterocycles. The molecular weight excluding hydrogens is 470 g/mol. The lowest BCUT2D eigenvalue weighted by Gasteiger charge is -2.14. The molecule has 0 amide bonds. The molecule has 3 aromatic rings. The summed E-state index contributed by atoms with van der Waals surface area (Å²) >= 11 is 3.36. The van der Waals surface area contributed by atoms with E-state index in [4.69, 9.17) is 14.2 Å². The van der Waals surface area contributed by atoms with E-state index in [2.05, 4.69) is 26.0 Å². The van der Waals surface area contributed by atoms with E-state index in [0.717, 1.165) is 0 Å². The lowest BCUT2D eigenvalue weighted by molar-refractivity contribution is -0.149. The third kappa shape index (κ3) is 5.21. The predicted octanol–water partition coefficient (Wildman–Crippen LogP) is 2.67. The van der Waals surface area contributed by atoms with Crippen LogP contribution in [0.25, 0.3) is 10.9 Å². The molecule has 3 rings (SSSR count). The molecule has 0 aliphatic rings. The minimum Gasteiger partial charge on any atom is -0.493 e. The molecule has 0 atom stereocenters. The summed E-state index contributed by atoms with van der Waals surface area (Å²) in [7, 11) is 1.44. The van der Waals surface area contributed by atoms with E-state index in [-0.39, 0.29) is 18.5 Å². The molecule has 10 heteroatoms. The van der Waals surface area contributed by atoms with Gasteiger partial charge in [-0.15, -0.1) is 4.68 Å². The fourth-order valence-corrected chi connectivity index (χ4v) is 3.25. The molecule has 0 spiro atoms. The van der Waals surface area contributed by atoms with Crippen LogP contribution in [0, 0.1) is 0 Å². The topological polar surface area (TPSA) is 112 Å². The van der Waals surface area contributed by atoms with Crippen LogP contribution in [0.3, 0.4) is 0 Å². The van der Waals surface area contributed by atoms with Gasteiger partial charge in [0.15, 0.2) is 18.1 Å². The van der Waals surface area contributed by atoms with Gasteiger partial charge in [-0.05, 0) is 38.1 Å². The number of H-pyrrole nitrogens is 1. The van der Waals surface area contributed by atoms with Gasteiger partial charge in [-0.25, -0.2) is 9.59 Å². The predicted molar refractivity (Wildman–Crippen MR) is 119 cm³/mol. The number of esters is 1. The number of aromatic amines is 1. The molecule has 0 unspecified atom stereocenters. The van der Waals surface area contributed by atoms with Crippen LogP contribution in [-0.2, 0) is 9.53 Å². The Bertz CT molecular complexity index is 1260. The Kier molecular flexibility index (Phi) is 6.91. The molecule has 162 valence electrons. The molecule has 31 heavy (non-hydrogen) atoms. The van der Waals surface area contributed by atoms with Gasteiger partial charge in [0, 0.05) is 10.0 Å². The Balaban J connectivity index is 2.01. The molecular formula is C21H20BrN3O6. The molecule has 1 heterocycles. The number of benzene rings is 2. The van der Waals surface area contributed by atoms with E-state index in [9.17, 15) is 14.4 Å².